The third-order valence-corrected chi connectivity index (χ3v) is 3.15. The number of hydrogen-bond acceptors (Lipinski definition) is 4. The fourth-order valence-electron chi connectivity index (χ4n) is 0.575. The van der Waals surface area contributed by atoms with Gasteiger partial charge in [0.15, 0.2) is 0 Å². The summed E-state index contributed by atoms with van der Waals surface area (Å²) in [5.74, 6) is -0.190. The van der Waals surface area contributed by atoms with Gasteiger partial charge in [0.1, 0.15) is 4.32 Å². The second kappa shape index (κ2) is 7.47. The molecule has 0 rings (SSSR count). The minimum atomic E-state index is -0.219. The Bertz CT molecular complexity index is 256. The standard InChI is InChI=1S/C8H15N3O2S2/c1-9-6(12)4-10-7(13)5-15-8(14)11(2)3/h4-5H2,1-3H3,(H,9,12)(H,10,13). The van der Waals surface area contributed by atoms with E-state index in [9.17, 15) is 9.59 Å². The minimum absolute atomic E-state index is 0.00458. The number of amides is 2. The fourth-order valence-corrected chi connectivity index (χ4v) is 1.37. The first-order chi connectivity index (χ1) is 6.97. The van der Waals surface area contributed by atoms with Crippen LogP contribution < -0.4 is 10.6 Å². The molecule has 0 bridgehead atoms. The molecule has 2 amide bonds. The van der Waals surface area contributed by atoms with Crippen molar-refractivity contribution >= 4 is 40.1 Å². The van der Waals surface area contributed by atoms with Gasteiger partial charge in [-0.15, -0.1) is 0 Å². The smallest absolute Gasteiger partial charge is 0.239 e. The maximum absolute atomic E-state index is 11.2. The molecule has 0 aliphatic rings. The molecule has 0 aromatic heterocycles. The highest BCUT2D eigenvalue weighted by molar-refractivity contribution is 8.23. The second-order valence-electron chi connectivity index (χ2n) is 2.90. The predicted molar refractivity (Wildman–Crippen MR) is 65.8 cm³/mol. The third-order valence-electron chi connectivity index (χ3n) is 1.42. The van der Waals surface area contributed by atoms with E-state index in [4.69, 9.17) is 12.2 Å². The monoisotopic (exact) mass is 249 g/mol. The number of nitrogens with one attached hydrogen (secondary N) is 2. The van der Waals surface area contributed by atoms with Crippen molar-refractivity contribution in [3.05, 3.63) is 0 Å². The summed E-state index contributed by atoms with van der Waals surface area (Å²) in [6.07, 6.45) is 0. The Morgan fingerprint density at radius 2 is 1.93 bits per heavy atom. The van der Waals surface area contributed by atoms with E-state index in [0.717, 1.165) is 0 Å². The highest BCUT2D eigenvalue weighted by atomic mass is 32.2. The fraction of sp³-hybridized carbons (Fsp3) is 0.625. The zero-order chi connectivity index (χ0) is 11.8. The molecule has 86 valence electrons. The quantitative estimate of drug-likeness (QED) is 0.653. The molecule has 0 aromatic rings. The maximum atomic E-state index is 11.2. The van der Waals surface area contributed by atoms with Gasteiger partial charge >= 0.3 is 0 Å². The van der Waals surface area contributed by atoms with Gasteiger partial charge < -0.3 is 15.5 Å². The summed E-state index contributed by atoms with van der Waals surface area (Å²) in [6.45, 7) is 0.00458. The molecule has 0 saturated carbocycles. The van der Waals surface area contributed by atoms with E-state index in [1.807, 2.05) is 14.1 Å². The van der Waals surface area contributed by atoms with E-state index < -0.39 is 0 Å². The number of rotatable bonds is 4. The first kappa shape index (κ1) is 14.2. The van der Waals surface area contributed by atoms with Crippen LogP contribution in [0, 0.1) is 0 Å². The van der Waals surface area contributed by atoms with Crippen LogP contribution in [0.1, 0.15) is 0 Å². The van der Waals surface area contributed by atoms with Gasteiger partial charge in [-0.1, -0.05) is 24.0 Å². The van der Waals surface area contributed by atoms with E-state index in [1.165, 1.54) is 18.8 Å². The lowest BCUT2D eigenvalue weighted by atomic mass is 10.5. The Morgan fingerprint density at radius 3 is 2.40 bits per heavy atom. The Kier molecular flexibility index (Phi) is 7.06. The highest BCUT2D eigenvalue weighted by Crippen LogP contribution is 2.05. The van der Waals surface area contributed by atoms with Crippen molar-refractivity contribution in [3.8, 4) is 0 Å². The number of nitrogens with zero attached hydrogens (tertiary/aromatic N) is 1. The molecule has 0 unspecified atom stereocenters. The van der Waals surface area contributed by atoms with Crippen molar-refractivity contribution in [2.45, 2.75) is 0 Å². The van der Waals surface area contributed by atoms with E-state index in [-0.39, 0.29) is 24.1 Å². The van der Waals surface area contributed by atoms with Gasteiger partial charge in [-0.05, 0) is 0 Å². The van der Waals surface area contributed by atoms with Crippen LogP contribution in [0.4, 0.5) is 0 Å². The van der Waals surface area contributed by atoms with Crippen molar-refractivity contribution < 1.29 is 9.59 Å². The van der Waals surface area contributed by atoms with E-state index in [0.29, 0.717) is 4.32 Å². The molecule has 0 saturated heterocycles. The van der Waals surface area contributed by atoms with Crippen molar-refractivity contribution in [1.29, 1.82) is 0 Å². The van der Waals surface area contributed by atoms with Gasteiger partial charge in [0.2, 0.25) is 11.8 Å². The number of carbonyl (C=O) groups is 2. The largest absolute Gasteiger partial charge is 0.364 e. The van der Waals surface area contributed by atoms with Crippen LogP contribution in [0.25, 0.3) is 0 Å². The molecule has 7 heteroatoms. The summed E-state index contributed by atoms with van der Waals surface area (Å²) in [4.78, 5) is 23.8. The van der Waals surface area contributed by atoms with Crippen LogP contribution in [-0.2, 0) is 9.59 Å². The Morgan fingerprint density at radius 1 is 1.33 bits per heavy atom. The normalized spacial score (nSPS) is 9.27. The molecule has 2 N–H and O–H groups in total. The number of thiocarbonyl (C=S) groups is 1. The average molecular weight is 249 g/mol. The van der Waals surface area contributed by atoms with E-state index >= 15 is 0 Å². The van der Waals surface area contributed by atoms with Gasteiger partial charge in [-0.25, -0.2) is 0 Å². The number of hydrogen-bond donors (Lipinski definition) is 2. The number of carbonyl (C=O) groups excluding carboxylic acids is 2. The molecule has 0 heterocycles. The van der Waals surface area contributed by atoms with Gasteiger partial charge in [-0.3, -0.25) is 9.59 Å². The number of thioether (sulfide) groups is 1. The van der Waals surface area contributed by atoms with Crippen LogP contribution in [0.3, 0.4) is 0 Å². The molecular weight excluding hydrogens is 234 g/mol. The molecular formula is C8H15N3O2S2. The molecule has 0 aliphatic heterocycles. The van der Waals surface area contributed by atoms with Gasteiger partial charge in [-0.2, -0.15) is 0 Å². The Balaban J connectivity index is 3.67. The summed E-state index contributed by atoms with van der Waals surface area (Å²) < 4.78 is 0.644. The summed E-state index contributed by atoms with van der Waals surface area (Å²) in [5.41, 5.74) is 0. The zero-order valence-corrected chi connectivity index (χ0v) is 10.6. The molecule has 0 atom stereocenters. The van der Waals surface area contributed by atoms with Crippen molar-refractivity contribution in [3.63, 3.8) is 0 Å². The van der Waals surface area contributed by atoms with Crippen molar-refractivity contribution in [2.24, 2.45) is 0 Å². The molecule has 5 nitrogen and oxygen atoms in total. The SMILES string of the molecule is CNC(=O)CNC(=O)CSC(=S)N(C)C. The van der Waals surface area contributed by atoms with Crippen molar-refractivity contribution in [1.82, 2.24) is 15.5 Å². The first-order valence-corrected chi connectivity index (χ1v) is 5.68. The number of likely N-dealkylation sites (N-methyl/N-ethyl adjacent to an activating group) is 1. The highest BCUT2D eigenvalue weighted by Gasteiger charge is 2.06. The summed E-state index contributed by atoms with van der Waals surface area (Å²) in [6, 6.07) is 0. The molecule has 0 fully saturated rings. The van der Waals surface area contributed by atoms with Gasteiger partial charge in [0.05, 0.1) is 12.3 Å². The zero-order valence-electron chi connectivity index (χ0n) is 8.99. The van der Waals surface area contributed by atoms with Crippen LogP contribution in [0.2, 0.25) is 0 Å². The minimum Gasteiger partial charge on any atom is -0.364 e. The molecule has 0 spiro atoms. The van der Waals surface area contributed by atoms with Gasteiger partial charge in [0.25, 0.3) is 0 Å². The second-order valence-corrected chi connectivity index (χ2v) is 4.51. The van der Waals surface area contributed by atoms with Crippen molar-refractivity contribution in [2.75, 3.05) is 33.4 Å². The first-order valence-electron chi connectivity index (χ1n) is 4.28. The van der Waals surface area contributed by atoms with Gasteiger partial charge in [0, 0.05) is 21.1 Å². The maximum Gasteiger partial charge on any atom is 0.239 e. The summed E-state index contributed by atoms with van der Waals surface area (Å²) in [7, 11) is 5.15. The average Bonchev–Trinajstić information content (AvgIpc) is 2.21. The topological polar surface area (TPSA) is 61.4 Å². The summed E-state index contributed by atoms with van der Waals surface area (Å²) >= 11 is 6.25. The van der Waals surface area contributed by atoms with Crippen LogP contribution in [-0.4, -0.2) is 54.5 Å². The molecule has 15 heavy (non-hydrogen) atoms. The molecule has 0 aliphatic carbocycles. The van der Waals surface area contributed by atoms with Crippen LogP contribution in [0.5, 0.6) is 0 Å². The van der Waals surface area contributed by atoms with E-state index in [1.54, 1.807) is 4.90 Å². The van der Waals surface area contributed by atoms with E-state index in [2.05, 4.69) is 10.6 Å². The van der Waals surface area contributed by atoms with Crippen LogP contribution in [0.15, 0.2) is 0 Å². The summed E-state index contributed by atoms with van der Waals surface area (Å²) in [5, 5.41) is 4.89. The lowest BCUT2D eigenvalue weighted by Gasteiger charge is -2.12. The lowest BCUT2D eigenvalue weighted by molar-refractivity contribution is -0.124. The Hall–Kier alpha value is -0.820. The lowest BCUT2D eigenvalue weighted by Crippen LogP contribution is -2.36. The predicted octanol–water partition coefficient (Wildman–Crippen LogP) is -0.572. The third kappa shape index (κ3) is 7.15. The van der Waals surface area contributed by atoms with Crippen LogP contribution >= 0.6 is 24.0 Å². The Labute approximate surface area is 99.0 Å². The molecule has 0 aromatic carbocycles. The molecule has 0 radical (unpaired) electrons.